The second-order valence-electron chi connectivity index (χ2n) is 5.72. The van der Waals surface area contributed by atoms with Crippen molar-refractivity contribution in [2.24, 2.45) is 5.92 Å². The zero-order valence-corrected chi connectivity index (χ0v) is 12.6. The summed E-state index contributed by atoms with van der Waals surface area (Å²) in [5, 5.41) is 17.0. The van der Waals surface area contributed by atoms with Crippen LogP contribution in [0, 0.1) is 5.92 Å². The molecule has 1 aromatic heterocycles. The smallest absolute Gasteiger partial charge is 0.308 e. The fourth-order valence-corrected chi connectivity index (χ4v) is 2.77. The fraction of sp³-hybridized carbons (Fsp3) is 0.375. The number of hydrogen-bond donors (Lipinski definition) is 1. The molecule has 1 fully saturated rings. The number of benzene rings is 1. The maximum atomic E-state index is 12.5. The van der Waals surface area contributed by atoms with Crippen LogP contribution in [0.1, 0.15) is 28.9 Å². The van der Waals surface area contributed by atoms with Crippen LogP contribution in [0.5, 0.6) is 0 Å². The van der Waals surface area contributed by atoms with E-state index in [9.17, 15) is 9.59 Å². The van der Waals surface area contributed by atoms with Gasteiger partial charge in [-0.3, -0.25) is 9.59 Å². The van der Waals surface area contributed by atoms with Crippen molar-refractivity contribution in [1.29, 1.82) is 0 Å². The number of carbonyl (C=O) groups is 2. The Bertz CT molecular complexity index is 698. The maximum absolute atomic E-state index is 12.5. The van der Waals surface area contributed by atoms with E-state index < -0.39 is 11.9 Å². The number of likely N-dealkylation sites (tertiary alicyclic amines) is 1. The Morgan fingerprint density at radius 2 is 2.04 bits per heavy atom. The van der Waals surface area contributed by atoms with E-state index in [1.54, 1.807) is 15.8 Å². The third-order valence-electron chi connectivity index (χ3n) is 4.00. The van der Waals surface area contributed by atoms with Gasteiger partial charge in [-0.15, -0.1) is 5.10 Å². The molecule has 23 heavy (non-hydrogen) atoms. The lowest BCUT2D eigenvalue weighted by Crippen LogP contribution is -2.42. The highest BCUT2D eigenvalue weighted by molar-refractivity contribution is 5.92. The molecule has 1 atom stereocenters. The first kappa shape index (κ1) is 15.2. The van der Waals surface area contributed by atoms with E-state index in [0.29, 0.717) is 25.9 Å². The zero-order valence-electron chi connectivity index (χ0n) is 12.6. The van der Waals surface area contributed by atoms with Gasteiger partial charge in [0.05, 0.1) is 18.7 Å². The monoisotopic (exact) mass is 314 g/mol. The predicted molar refractivity (Wildman–Crippen MR) is 81.8 cm³/mol. The summed E-state index contributed by atoms with van der Waals surface area (Å²) in [6.07, 6.45) is 2.92. The van der Waals surface area contributed by atoms with Gasteiger partial charge in [0, 0.05) is 13.1 Å². The first-order valence-corrected chi connectivity index (χ1v) is 7.59. The summed E-state index contributed by atoms with van der Waals surface area (Å²) in [5.41, 5.74) is 1.33. The number of aromatic nitrogens is 3. The van der Waals surface area contributed by atoms with Crippen molar-refractivity contribution in [2.75, 3.05) is 13.1 Å². The largest absolute Gasteiger partial charge is 0.481 e. The van der Waals surface area contributed by atoms with E-state index in [0.717, 1.165) is 5.56 Å². The van der Waals surface area contributed by atoms with Crippen molar-refractivity contribution in [1.82, 2.24) is 19.9 Å². The number of carbonyl (C=O) groups excluding carboxylic acids is 1. The number of carboxylic acids is 1. The van der Waals surface area contributed by atoms with E-state index in [2.05, 4.69) is 10.3 Å². The van der Waals surface area contributed by atoms with Gasteiger partial charge in [-0.1, -0.05) is 35.5 Å². The lowest BCUT2D eigenvalue weighted by atomic mass is 9.98. The van der Waals surface area contributed by atoms with Crippen molar-refractivity contribution in [3.05, 3.63) is 47.8 Å². The summed E-state index contributed by atoms with van der Waals surface area (Å²) < 4.78 is 1.61. The van der Waals surface area contributed by atoms with Gasteiger partial charge in [-0.05, 0) is 18.4 Å². The van der Waals surface area contributed by atoms with Crippen molar-refractivity contribution in [3.63, 3.8) is 0 Å². The second-order valence-corrected chi connectivity index (χ2v) is 5.72. The Hall–Kier alpha value is -2.70. The van der Waals surface area contributed by atoms with Gasteiger partial charge >= 0.3 is 5.97 Å². The highest BCUT2D eigenvalue weighted by Gasteiger charge is 2.29. The molecule has 3 rings (SSSR count). The standard InChI is InChI=1S/C16H18N4O3/c21-15(19-8-4-7-13(10-19)16(22)23)14-11-20(18-17-14)9-12-5-2-1-3-6-12/h1-3,5-6,11,13H,4,7-10H2,(H,22,23)/t13-/m0/s1. The molecule has 1 saturated heterocycles. The summed E-state index contributed by atoms with van der Waals surface area (Å²) in [6.45, 7) is 1.34. The molecule has 0 aliphatic carbocycles. The summed E-state index contributed by atoms with van der Waals surface area (Å²) in [5.74, 6) is -1.60. The van der Waals surface area contributed by atoms with Gasteiger partial charge in [0.1, 0.15) is 0 Å². The fourth-order valence-electron chi connectivity index (χ4n) is 2.77. The molecule has 0 saturated carbocycles. The topological polar surface area (TPSA) is 88.3 Å². The third-order valence-corrected chi connectivity index (χ3v) is 4.00. The van der Waals surface area contributed by atoms with Gasteiger partial charge in [-0.25, -0.2) is 4.68 Å². The lowest BCUT2D eigenvalue weighted by molar-refractivity contribution is -0.143. The van der Waals surface area contributed by atoms with E-state index >= 15 is 0 Å². The Morgan fingerprint density at radius 1 is 1.26 bits per heavy atom. The van der Waals surface area contributed by atoms with E-state index in [1.807, 2.05) is 30.3 Å². The van der Waals surface area contributed by atoms with Crippen LogP contribution in [0.3, 0.4) is 0 Å². The number of hydrogen-bond acceptors (Lipinski definition) is 4. The summed E-state index contributed by atoms with van der Waals surface area (Å²) in [6, 6.07) is 9.78. The molecule has 0 spiro atoms. The molecular weight excluding hydrogens is 296 g/mol. The zero-order chi connectivity index (χ0) is 16.2. The van der Waals surface area contributed by atoms with Crippen molar-refractivity contribution in [3.8, 4) is 0 Å². The lowest BCUT2D eigenvalue weighted by Gasteiger charge is -2.29. The molecule has 1 aliphatic heterocycles. The van der Waals surface area contributed by atoms with Crippen LogP contribution in [0.15, 0.2) is 36.5 Å². The molecule has 2 aromatic rings. The van der Waals surface area contributed by atoms with Crippen LogP contribution >= 0.6 is 0 Å². The number of carboxylic acid groups (broad SMARTS) is 1. The van der Waals surface area contributed by atoms with Crippen LogP contribution in [0.2, 0.25) is 0 Å². The van der Waals surface area contributed by atoms with E-state index in [1.165, 1.54) is 0 Å². The van der Waals surface area contributed by atoms with Gasteiger partial charge in [0.15, 0.2) is 5.69 Å². The summed E-state index contributed by atoms with van der Waals surface area (Å²) >= 11 is 0. The van der Waals surface area contributed by atoms with Crippen LogP contribution in [-0.2, 0) is 11.3 Å². The van der Waals surface area contributed by atoms with Gasteiger partial charge < -0.3 is 10.0 Å². The van der Waals surface area contributed by atoms with Crippen LogP contribution in [-0.4, -0.2) is 50.0 Å². The second kappa shape index (κ2) is 6.60. The Kier molecular flexibility index (Phi) is 4.36. The van der Waals surface area contributed by atoms with Crippen LogP contribution in [0.25, 0.3) is 0 Å². The number of nitrogens with zero attached hydrogens (tertiary/aromatic N) is 4. The Morgan fingerprint density at radius 3 is 2.78 bits per heavy atom. The Labute approximate surface area is 133 Å². The average molecular weight is 314 g/mol. The van der Waals surface area contributed by atoms with Crippen molar-refractivity contribution in [2.45, 2.75) is 19.4 Å². The SMILES string of the molecule is O=C(O)[C@H]1CCCN(C(=O)c2cn(Cc3ccccc3)nn2)C1. The minimum Gasteiger partial charge on any atom is -0.481 e. The first-order chi connectivity index (χ1) is 11.1. The normalized spacial score (nSPS) is 17.9. The number of aliphatic carboxylic acids is 1. The molecule has 7 nitrogen and oxygen atoms in total. The maximum Gasteiger partial charge on any atom is 0.308 e. The first-order valence-electron chi connectivity index (χ1n) is 7.59. The number of rotatable bonds is 4. The highest BCUT2D eigenvalue weighted by atomic mass is 16.4. The van der Waals surface area contributed by atoms with Gasteiger partial charge in [-0.2, -0.15) is 0 Å². The quantitative estimate of drug-likeness (QED) is 0.918. The van der Waals surface area contributed by atoms with Gasteiger partial charge in [0.25, 0.3) is 5.91 Å². The minimum absolute atomic E-state index is 0.236. The molecular formula is C16H18N4O3. The van der Waals surface area contributed by atoms with Crippen LogP contribution in [0.4, 0.5) is 0 Å². The summed E-state index contributed by atoms with van der Waals surface area (Å²) in [4.78, 5) is 25.1. The third kappa shape index (κ3) is 3.56. The molecule has 120 valence electrons. The molecule has 1 aliphatic rings. The molecule has 2 heterocycles. The van der Waals surface area contributed by atoms with Gasteiger partial charge in [0.2, 0.25) is 0 Å². The average Bonchev–Trinajstić information content (AvgIpc) is 3.03. The number of amides is 1. The Balaban J connectivity index is 1.67. The molecule has 0 bridgehead atoms. The summed E-state index contributed by atoms with van der Waals surface area (Å²) in [7, 11) is 0. The minimum atomic E-state index is -0.852. The van der Waals surface area contributed by atoms with Crippen molar-refractivity contribution < 1.29 is 14.7 Å². The molecule has 1 N–H and O–H groups in total. The molecule has 1 amide bonds. The predicted octanol–water partition coefficient (Wildman–Crippen LogP) is 1.26. The highest BCUT2D eigenvalue weighted by Crippen LogP contribution is 2.18. The molecule has 1 aromatic carbocycles. The van der Waals surface area contributed by atoms with Crippen molar-refractivity contribution >= 4 is 11.9 Å². The number of piperidine rings is 1. The molecule has 0 radical (unpaired) electrons. The van der Waals surface area contributed by atoms with Crippen LogP contribution < -0.4 is 0 Å². The molecule has 7 heteroatoms. The van der Waals surface area contributed by atoms with E-state index in [4.69, 9.17) is 5.11 Å². The van der Waals surface area contributed by atoms with E-state index in [-0.39, 0.29) is 18.1 Å². The molecule has 0 unspecified atom stereocenters.